The normalized spacial score (nSPS) is 13.4. The third-order valence-corrected chi connectivity index (χ3v) is 9.10. The highest BCUT2D eigenvalue weighted by Gasteiger charge is 2.17. The number of primary amides is 2. The van der Waals surface area contributed by atoms with Crippen molar-refractivity contribution in [1.29, 1.82) is 0 Å². The number of hydrogen-bond acceptors (Lipinski definition) is 16. The van der Waals surface area contributed by atoms with Gasteiger partial charge in [0.15, 0.2) is 0 Å². The van der Waals surface area contributed by atoms with Gasteiger partial charge in [-0.3, -0.25) is 53.8 Å². The number of ether oxygens (including phenoxy) is 4. The summed E-state index contributed by atoms with van der Waals surface area (Å²) in [7, 11) is 0. The molecule has 64 heavy (non-hydrogen) atoms. The van der Waals surface area contributed by atoms with E-state index in [0.717, 1.165) is 0 Å². The number of hydrogen-bond donors (Lipinski definition) is 10. The van der Waals surface area contributed by atoms with E-state index in [1.54, 1.807) is 0 Å². The van der Waals surface area contributed by atoms with Gasteiger partial charge in [-0.2, -0.15) is 0 Å². The lowest BCUT2D eigenvalue weighted by Gasteiger charge is -2.15. The molecule has 3 atom stereocenters. The summed E-state index contributed by atoms with van der Waals surface area (Å²) in [6, 6.07) is -1.87. The van der Waals surface area contributed by atoms with Gasteiger partial charge >= 0.3 is 0 Å². The minimum atomic E-state index is -0.678. The Kier molecular flexibility index (Phi) is 28.6. The Hall–Kier alpha value is -4.65. The predicted molar refractivity (Wildman–Crippen MR) is 254 cm³/mol. The van der Waals surface area contributed by atoms with Crippen LogP contribution in [0.1, 0.15) is 116 Å². The summed E-state index contributed by atoms with van der Waals surface area (Å²) in [4.78, 5) is 105. The Morgan fingerprint density at radius 3 is 1.28 bits per heavy atom. The Morgan fingerprint density at radius 1 is 0.469 bits per heavy atom. The summed E-state index contributed by atoms with van der Waals surface area (Å²) in [6.45, 7) is 5.82. The molecule has 0 aliphatic carbocycles. The average Bonchev–Trinajstić information content (AvgIpc) is 3.47. The lowest BCUT2D eigenvalue weighted by molar-refractivity contribution is -0.127. The van der Waals surface area contributed by atoms with Crippen LogP contribution in [0.2, 0.25) is 0 Å². The van der Waals surface area contributed by atoms with Crippen molar-refractivity contribution in [2.75, 3.05) is 98.7 Å². The number of amides is 7. The maximum atomic E-state index is 12.2. The average molecular weight is 952 g/mol. The molecule has 0 aromatic heterocycles. The van der Waals surface area contributed by atoms with E-state index in [1.165, 1.54) is 13.8 Å². The van der Waals surface area contributed by atoms with E-state index in [4.69, 9.17) is 59.9 Å². The fourth-order valence-electron chi connectivity index (χ4n) is 5.57. The number of rotatable bonds is 44. The Balaban J connectivity index is -0.000000338. The molecule has 0 bridgehead atoms. The third kappa shape index (κ3) is 37.9. The fraction of sp³-hybridized carbons (Fsp3) is 0.780. The van der Waals surface area contributed by atoms with Gasteiger partial charge in [0.1, 0.15) is 24.8 Å². The molecule has 0 fully saturated rings. The molecule has 0 saturated carbocycles. The minimum Gasteiger partial charge on any atom is -0.377 e. The van der Waals surface area contributed by atoms with Gasteiger partial charge in [-0.1, -0.05) is 0 Å². The quantitative estimate of drug-likeness (QED) is 0.0325. The van der Waals surface area contributed by atoms with Crippen LogP contribution >= 0.6 is 0 Å². The van der Waals surface area contributed by atoms with Crippen molar-refractivity contribution in [1.82, 2.24) is 37.2 Å². The second kappa shape index (κ2) is 39.9. The van der Waals surface area contributed by atoms with Crippen LogP contribution < -0.4 is 54.4 Å². The summed E-state index contributed by atoms with van der Waals surface area (Å²) < 4.78 is 101. The van der Waals surface area contributed by atoms with E-state index >= 15 is 0 Å². The first kappa shape index (κ1) is 45.9. The van der Waals surface area contributed by atoms with Crippen LogP contribution in [-0.4, -0.2) is 170 Å². The molecule has 23 nitrogen and oxygen atoms in total. The summed E-state index contributed by atoms with van der Waals surface area (Å²) in [6.07, 6.45) is 5.95. The second-order valence-electron chi connectivity index (χ2n) is 15.0. The largest absolute Gasteiger partial charge is 0.377 e. The molecular weight excluding hydrogens is 841 g/mol. The topological polar surface area (TPSA) is 353 Å². The molecule has 0 rings (SSSR count). The number of carbonyl (C=O) groups is 9. The fourth-order valence-corrected chi connectivity index (χ4v) is 5.57. The van der Waals surface area contributed by atoms with Gasteiger partial charge in [0.2, 0.25) is 41.4 Å². The van der Waals surface area contributed by atoms with Crippen LogP contribution in [-0.2, 0) is 62.1 Å². The van der Waals surface area contributed by atoms with Crippen LogP contribution in [0, 0.1) is 0 Å². The highest BCUT2D eigenvalue weighted by Crippen LogP contribution is 2.03. The molecular formula is C41H94N10O13. The number of nitrogens with one attached hydrogen (secondary N) is 7. The zero-order valence-corrected chi connectivity index (χ0v) is 37.9. The van der Waals surface area contributed by atoms with E-state index in [0.29, 0.717) is 83.8 Å². The summed E-state index contributed by atoms with van der Waals surface area (Å²) >= 11 is 0. The molecule has 0 aromatic carbocycles. The predicted octanol–water partition coefficient (Wildman–Crippen LogP) is -1.08. The van der Waals surface area contributed by atoms with E-state index in [1.807, 2.05) is 0 Å². The van der Waals surface area contributed by atoms with Crippen LogP contribution in [0.3, 0.4) is 0 Å². The highest BCUT2D eigenvalue weighted by molar-refractivity contribution is 5.83. The maximum absolute atomic E-state index is 12.2. The highest BCUT2D eigenvalue weighted by atomic mass is 16.5. The van der Waals surface area contributed by atoms with Gasteiger partial charge in [0.05, 0.1) is 70.9 Å². The number of Topliss-reactive ketones (excluding diaryl/α,β-unsaturated/α-hetero) is 2. The monoisotopic (exact) mass is 952 g/mol. The summed E-state index contributed by atoms with van der Waals surface area (Å²) in [5.74, 6) is -2.48. The minimum absolute atomic E-state index is 0. The molecule has 0 radical (unpaired) electrons. The molecule has 1 unspecified atom stereocenters. The molecule has 23 heteroatoms. The lowest BCUT2D eigenvalue weighted by atomic mass is 10.1. The molecule has 0 saturated heterocycles. The molecule has 0 aliphatic heterocycles. The number of carbonyl (C=O) groups excluding carboxylic acids is 9. The van der Waals surface area contributed by atoms with Crippen molar-refractivity contribution in [2.45, 2.75) is 109 Å². The Bertz CT molecular complexity index is 1450. The maximum Gasteiger partial charge on any atom is 0.246 e. The third-order valence-electron chi connectivity index (χ3n) is 9.10. The summed E-state index contributed by atoms with van der Waals surface area (Å²) in [5, 5.41) is 19.3. The first-order valence-electron chi connectivity index (χ1n) is 30.1. The molecule has 386 valence electrons. The van der Waals surface area contributed by atoms with Crippen LogP contribution in [0.4, 0.5) is 0 Å². The molecule has 13 N–H and O–H groups in total. The first-order chi connectivity index (χ1) is 38.6. The van der Waals surface area contributed by atoms with Crippen molar-refractivity contribution < 1.29 is 87.3 Å². The molecule has 7 amide bonds. The Labute approximate surface area is 402 Å². The van der Waals surface area contributed by atoms with Crippen molar-refractivity contribution in [3.63, 3.8) is 0 Å². The van der Waals surface area contributed by atoms with Crippen LogP contribution in [0.15, 0.2) is 0 Å². The standard InChI is InChI=1S/C41H76N10O13.9H2/c1-30(52)26-50-33(39(43)58)11-4-7-16-46-37(56)28-63-24-23-62-21-19-48-38(57)29-64-25-22-61-20-18-47-36(55)14-9-13-35(54)45-15-6-3-10-32(42)41(60)49-17-8-5-12-34(40(44)59)51-27-31(2)53;;;;;;;;;/h32-34,50-51H,3-29,42H2,1-2H3,(H2,43,58)(H2,44,59)(H,45,54)(H,46,56)(H,47,55)(H,48,57)(H,49,60);9*1H/t32-,33?,34-;;;;;;;;;/m0........./s1/i;8*1+1D;1+1. The smallest absolute Gasteiger partial charge is 0.246 e. The van der Waals surface area contributed by atoms with Gasteiger partial charge in [-0.15, -0.1) is 0 Å². The molecule has 0 aromatic rings. The van der Waals surface area contributed by atoms with Crippen LogP contribution in [0.25, 0.3) is 0 Å². The Morgan fingerprint density at radius 2 is 0.844 bits per heavy atom. The van der Waals surface area contributed by atoms with Gasteiger partial charge in [0.25, 0.3) is 0 Å². The van der Waals surface area contributed by atoms with Crippen molar-refractivity contribution in [3.8, 4) is 0 Å². The second-order valence-corrected chi connectivity index (χ2v) is 15.0. The van der Waals surface area contributed by atoms with E-state index in [-0.39, 0.29) is 134 Å². The molecule has 0 heterocycles. The van der Waals surface area contributed by atoms with E-state index in [9.17, 15) is 43.2 Å². The number of ketones is 2. The lowest BCUT2D eigenvalue weighted by Crippen LogP contribution is -2.43. The van der Waals surface area contributed by atoms with Crippen LogP contribution in [0.5, 0.6) is 0 Å². The van der Waals surface area contributed by atoms with E-state index < -0.39 is 29.9 Å². The van der Waals surface area contributed by atoms with E-state index in [2.05, 4.69) is 37.2 Å². The van der Waals surface area contributed by atoms with Gasteiger partial charge < -0.3 is 62.7 Å². The van der Waals surface area contributed by atoms with Gasteiger partial charge in [-0.05, 0) is 78.1 Å². The van der Waals surface area contributed by atoms with Crippen molar-refractivity contribution in [2.24, 2.45) is 17.2 Å². The van der Waals surface area contributed by atoms with Gasteiger partial charge in [-0.25, -0.2) is 0 Å². The first-order valence-corrected chi connectivity index (χ1v) is 22.1. The SMILES string of the molecule is CC(=O)CNC(CCCCNC(=O)COCCOCCNC(=O)COCCOCCNC(=O)CCCC(=O)NCCCC[C@H](N)C(=O)NCCCC[C@H](NCC(C)=O)C(N)=O)C(N)=O.[2HH].[2H][2H].[2H][2H].[2H][2H].[2H][2H].[2H][2H].[2H][2H].[2H][2H].[2H][2H]. The van der Waals surface area contributed by atoms with Crippen molar-refractivity contribution >= 4 is 52.9 Å². The number of nitrogens with two attached hydrogens (primary N) is 3. The molecule has 0 spiro atoms. The van der Waals surface area contributed by atoms with Gasteiger partial charge in [0, 0.05) is 70.7 Å². The van der Waals surface area contributed by atoms with Crippen molar-refractivity contribution in [3.05, 3.63) is 0 Å². The zero-order chi connectivity index (χ0) is 63.8. The molecule has 0 aliphatic rings. The summed E-state index contributed by atoms with van der Waals surface area (Å²) in [5.41, 5.74) is 16.7. The zero-order valence-electron chi connectivity index (χ0n) is 53.9. The number of unbranched alkanes of at least 4 members (excludes halogenated alkanes) is 3.